The number of ether oxygens (including phenoxy) is 4. The van der Waals surface area contributed by atoms with Crippen LogP contribution < -0.4 is 26.4 Å². The smallest absolute Gasteiger partial charge is 0.340 e. The number of phenols is 2. The van der Waals surface area contributed by atoms with Crippen LogP contribution in [-0.4, -0.2) is 85.7 Å². The largest absolute Gasteiger partial charge is 0.508 e. The van der Waals surface area contributed by atoms with E-state index in [9.17, 15) is 20.1 Å². The molecule has 0 amide bonds. The minimum Gasteiger partial charge on any atom is -0.508 e. The first kappa shape index (κ1) is 47.5. The van der Waals surface area contributed by atoms with Crippen LogP contribution in [0, 0.1) is 10.8 Å². The molecule has 2 aliphatic rings. The fourth-order valence-electron chi connectivity index (χ4n) is 8.73. The first-order chi connectivity index (χ1) is 31.8. The maximum atomic E-state index is 13.6. The summed E-state index contributed by atoms with van der Waals surface area (Å²) in [4.78, 5) is 23.2. The Bertz CT molecular complexity index is 2790. The van der Waals surface area contributed by atoms with Crippen molar-refractivity contribution < 1.29 is 39.1 Å². The third-order valence-electron chi connectivity index (χ3n) is 12.4. The summed E-state index contributed by atoms with van der Waals surface area (Å²) in [5.41, 5.74) is 8.67. The number of fused-ring (bicyclic) bond motifs is 9. The zero-order chi connectivity index (χ0) is 47.9. The number of aryl methyl sites for hydroxylation is 1. The Balaban J connectivity index is 0.814. The number of benzene rings is 4. The second-order valence-electron chi connectivity index (χ2n) is 19.6. The van der Waals surface area contributed by atoms with Gasteiger partial charge in [0.25, 0.3) is 0 Å². The molecular weight excluding hydrogens is 871 g/mol. The maximum absolute atomic E-state index is 13.6. The van der Waals surface area contributed by atoms with Gasteiger partial charge in [-0.3, -0.25) is 5.32 Å². The number of nitrogens with zero attached hydrogens (tertiary/aromatic N) is 3. The number of imidazole rings is 1. The predicted molar refractivity (Wildman–Crippen MR) is 263 cm³/mol. The minimum absolute atomic E-state index is 0.0183. The molecule has 67 heavy (non-hydrogen) atoms. The number of aliphatic hydroxyl groups excluding tert-OH is 1. The number of anilines is 2. The number of aliphatic hydroxyl groups is 1. The van der Waals surface area contributed by atoms with Gasteiger partial charge in [0.05, 0.1) is 42.0 Å². The second kappa shape index (κ2) is 18.6. The van der Waals surface area contributed by atoms with Crippen LogP contribution >= 0.6 is 12.2 Å². The number of pyridine rings is 1. The lowest BCUT2D eigenvalue weighted by Gasteiger charge is -2.36. The normalized spacial score (nSPS) is 14.7. The molecule has 2 aliphatic heterocycles. The number of carbonyl (C=O) groups is 1. The van der Waals surface area contributed by atoms with Gasteiger partial charge in [0.1, 0.15) is 40.6 Å². The SMILES string of the molecule is CCCCc1nc2c(N)nc3ccccc3c2n1CC(C)(C)COCCNC(O)C(C)(C)COC(C)(C)CNC(=S)Nc1ccc2c(c1)C(=O)OC21c2ccc(O)cc2Oc2cc(O)ccc21. The number of phenolic OH excluding ortho intramolecular Hbond substituents is 2. The Hall–Kier alpha value is -6.04. The van der Waals surface area contributed by atoms with Gasteiger partial charge in [0, 0.05) is 76.8 Å². The van der Waals surface area contributed by atoms with Crippen molar-refractivity contribution in [3.63, 3.8) is 0 Å². The van der Waals surface area contributed by atoms with Crippen LogP contribution in [0.3, 0.4) is 0 Å². The summed E-state index contributed by atoms with van der Waals surface area (Å²) in [5, 5.41) is 42.6. The molecule has 2 aromatic heterocycles. The number of nitrogens with two attached hydrogens (primary N) is 1. The summed E-state index contributed by atoms with van der Waals surface area (Å²) >= 11 is 5.66. The molecule has 15 nitrogen and oxygen atoms in total. The molecule has 0 aliphatic carbocycles. The van der Waals surface area contributed by atoms with Crippen LogP contribution in [0.5, 0.6) is 23.0 Å². The zero-order valence-electron chi connectivity index (χ0n) is 39.2. The maximum Gasteiger partial charge on any atom is 0.340 e. The number of thiocarbonyl (C=S) groups is 1. The molecule has 0 saturated carbocycles. The quantitative estimate of drug-likeness (QED) is 0.0188. The van der Waals surface area contributed by atoms with Crippen LogP contribution in [0.4, 0.5) is 11.5 Å². The molecular formula is C51H61N7O8S. The van der Waals surface area contributed by atoms with Gasteiger partial charge in [0.2, 0.25) is 0 Å². The van der Waals surface area contributed by atoms with E-state index in [1.165, 1.54) is 24.3 Å². The molecule has 8 rings (SSSR count). The van der Waals surface area contributed by atoms with Crippen molar-refractivity contribution in [2.45, 2.75) is 91.7 Å². The molecule has 8 N–H and O–H groups in total. The van der Waals surface area contributed by atoms with Gasteiger partial charge in [-0.15, -0.1) is 0 Å². The van der Waals surface area contributed by atoms with E-state index in [0.29, 0.717) is 83.2 Å². The highest BCUT2D eigenvalue weighted by molar-refractivity contribution is 7.80. The molecule has 16 heteroatoms. The number of carbonyl (C=O) groups excluding carboxylic acids is 1. The average molecular weight is 932 g/mol. The van der Waals surface area contributed by atoms with Gasteiger partial charge in [-0.1, -0.05) is 65.3 Å². The summed E-state index contributed by atoms with van der Waals surface area (Å²) in [6.07, 6.45) is 2.06. The molecule has 0 radical (unpaired) electrons. The number of esters is 1. The van der Waals surface area contributed by atoms with Crippen molar-refractivity contribution in [3.8, 4) is 23.0 Å². The lowest BCUT2D eigenvalue weighted by Crippen LogP contribution is -2.49. The second-order valence-corrected chi connectivity index (χ2v) is 20.0. The van der Waals surface area contributed by atoms with E-state index >= 15 is 0 Å². The Kier molecular flexibility index (Phi) is 13.1. The summed E-state index contributed by atoms with van der Waals surface area (Å²) in [7, 11) is 0. The molecule has 354 valence electrons. The standard InChI is InChI=1S/C51H61N7O8S/c1-8-9-14-41-57-42-43(33-12-10-11-13-38(33)56-44(42)52)58(41)27-48(2,3)28-63-22-21-53-46(62)49(4,5)29-64-50(6,7)26-54-47(67)55-30-15-18-35-34(23-30)45(61)66-51(35)36-19-16-31(59)24-39(36)65-40-25-32(60)17-20-37(40)51/h10-13,15-20,23-25,46,53,59-60,62H,8-9,14,21-22,26-29H2,1-7H3,(H2,52,56)(H2,54,55,67). The van der Waals surface area contributed by atoms with Crippen LogP contribution in [0.25, 0.3) is 21.9 Å². The topological polar surface area (TPSA) is 207 Å². The van der Waals surface area contributed by atoms with Crippen LogP contribution in [0.1, 0.15) is 94.2 Å². The summed E-state index contributed by atoms with van der Waals surface area (Å²) in [5.74, 6) is 1.47. The molecule has 0 bridgehead atoms. The van der Waals surface area contributed by atoms with Crippen molar-refractivity contribution >= 4 is 56.7 Å². The first-order valence-corrected chi connectivity index (χ1v) is 23.2. The number of nitrogens with one attached hydrogen (secondary N) is 3. The molecule has 0 saturated heterocycles. The molecule has 1 spiro atoms. The average Bonchev–Trinajstić information content (AvgIpc) is 3.78. The number of hydrogen-bond donors (Lipinski definition) is 7. The number of para-hydroxylation sites is 1. The van der Waals surface area contributed by atoms with Crippen molar-refractivity contribution in [2.75, 3.05) is 44.0 Å². The van der Waals surface area contributed by atoms with Gasteiger partial charge in [0.15, 0.2) is 16.5 Å². The zero-order valence-corrected chi connectivity index (χ0v) is 40.0. The van der Waals surface area contributed by atoms with E-state index in [0.717, 1.165) is 47.0 Å². The number of rotatable bonds is 18. The van der Waals surface area contributed by atoms with Gasteiger partial charge < -0.3 is 55.2 Å². The lowest BCUT2D eigenvalue weighted by atomic mass is 9.77. The number of nitrogen functional groups attached to an aromatic ring is 1. The van der Waals surface area contributed by atoms with Crippen LogP contribution in [0.15, 0.2) is 78.9 Å². The van der Waals surface area contributed by atoms with Crippen molar-refractivity contribution in [1.82, 2.24) is 25.2 Å². The third-order valence-corrected chi connectivity index (χ3v) is 12.6. The monoisotopic (exact) mass is 931 g/mol. The highest BCUT2D eigenvalue weighted by atomic mass is 32.1. The van der Waals surface area contributed by atoms with E-state index in [1.54, 1.807) is 30.3 Å². The Morgan fingerprint density at radius 3 is 2.31 bits per heavy atom. The van der Waals surface area contributed by atoms with E-state index < -0.39 is 28.8 Å². The Morgan fingerprint density at radius 1 is 0.925 bits per heavy atom. The van der Waals surface area contributed by atoms with Gasteiger partial charge in [-0.2, -0.15) is 0 Å². The van der Waals surface area contributed by atoms with Gasteiger partial charge in [-0.25, -0.2) is 14.8 Å². The predicted octanol–water partition coefficient (Wildman–Crippen LogP) is 8.25. The van der Waals surface area contributed by atoms with E-state index in [-0.39, 0.29) is 23.5 Å². The summed E-state index contributed by atoms with van der Waals surface area (Å²) < 4.78 is 27.1. The van der Waals surface area contributed by atoms with Crippen molar-refractivity contribution in [2.24, 2.45) is 10.8 Å². The summed E-state index contributed by atoms with van der Waals surface area (Å²) in [6, 6.07) is 22.6. The Labute approximate surface area is 396 Å². The van der Waals surface area contributed by atoms with E-state index in [2.05, 4.69) is 52.3 Å². The fourth-order valence-corrected chi connectivity index (χ4v) is 8.92. The fraction of sp³-hybridized carbons (Fsp3) is 0.412. The molecule has 0 fully saturated rings. The van der Waals surface area contributed by atoms with Crippen LogP contribution in [-0.2, 0) is 32.8 Å². The molecule has 1 unspecified atom stereocenters. The van der Waals surface area contributed by atoms with Gasteiger partial charge >= 0.3 is 5.97 Å². The van der Waals surface area contributed by atoms with Crippen molar-refractivity contribution in [1.29, 1.82) is 0 Å². The Morgan fingerprint density at radius 2 is 1.61 bits per heavy atom. The lowest BCUT2D eigenvalue weighted by molar-refractivity contribution is -0.0948. The highest BCUT2D eigenvalue weighted by Gasteiger charge is 2.53. The molecule has 1 atom stereocenters. The minimum atomic E-state index is -1.36. The number of unbranched alkanes of at least 4 members (excludes halogenated alkanes) is 1. The van der Waals surface area contributed by atoms with Gasteiger partial charge in [-0.05, 0) is 75.0 Å². The highest BCUT2D eigenvalue weighted by Crippen LogP contribution is 2.57. The summed E-state index contributed by atoms with van der Waals surface area (Å²) in [6.45, 7) is 17.0. The first-order valence-electron chi connectivity index (χ1n) is 22.7. The van der Waals surface area contributed by atoms with E-state index in [1.807, 2.05) is 45.9 Å². The van der Waals surface area contributed by atoms with Crippen molar-refractivity contribution in [3.05, 3.63) is 107 Å². The molecule has 4 heterocycles. The number of aromatic nitrogens is 3. The number of hydrogen-bond acceptors (Lipinski definition) is 13. The molecule has 4 aromatic carbocycles. The third kappa shape index (κ3) is 9.72. The van der Waals surface area contributed by atoms with E-state index in [4.69, 9.17) is 41.9 Å². The molecule has 6 aromatic rings. The number of aromatic hydroxyl groups is 2. The van der Waals surface area contributed by atoms with Crippen LogP contribution in [0.2, 0.25) is 0 Å².